The van der Waals surface area contributed by atoms with Crippen LogP contribution in [0.15, 0.2) is 18.2 Å². The Balaban J connectivity index is 2.44. The number of benzene rings is 1. The van der Waals surface area contributed by atoms with E-state index >= 15 is 0 Å². The first-order valence-electron chi connectivity index (χ1n) is 4.95. The van der Waals surface area contributed by atoms with Crippen LogP contribution in [0.25, 0.3) is 0 Å². The zero-order valence-electron chi connectivity index (χ0n) is 9.35. The molecule has 1 aliphatic heterocycles. The van der Waals surface area contributed by atoms with Gasteiger partial charge in [0.25, 0.3) is 5.91 Å². The first kappa shape index (κ1) is 11.7. The molecule has 1 aromatic rings. The Labute approximate surface area is 99.0 Å². The first-order valence-corrected chi connectivity index (χ1v) is 6.84. The van der Waals surface area contributed by atoms with Crippen molar-refractivity contribution in [2.45, 2.75) is 13.0 Å². The first-order chi connectivity index (χ1) is 7.87. The molecular weight excluding hydrogens is 244 g/mol. The van der Waals surface area contributed by atoms with E-state index in [1.165, 1.54) is 0 Å². The van der Waals surface area contributed by atoms with Crippen LogP contribution in [-0.4, -0.2) is 26.7 Å². The van der Waals surface area contributed by atoms with Gasteiger partial charge in [-0.1, -0.05) is 6.07 Å². The molecular formula is C10H12N2O4S. The molecule has 0 radical (unpaired) electrons. The number of anilines is 2. The highest BCUT2D eigenvalue weighted by atomic mass is 32.2. The van der Waals surface area contributed by atoms with E-state index < -0.39 is 16.1 Å². The topological polar surface area (TPSA) is 84.5 Å². The van der Waals surface area contributed by atoms with Crippen LogP contribution in [0.4, 0.5) is 11.4 Å². The number of hydrogen-bond donors (Lipinski definition) is 2. The highest BCUT2D eigenvalue weighted by Crippen LogP contribution is 2.36. The van der Waals surface area contributed by atoms with Gasteiger partial charge in [0.2, 0.25) is 10.0 Å². The monoisotopic (exact) mass is 256 g/mol. The third-order valence-corrected chi connectivity index (χ3v) is 2.83. The van der Waals surface area contributed by atoms with Crippen molar-refractivity contribution in [2.75, 3.05) is 16.3 Å². The van der Waals surface area contributed by atoms with E-state index in [0.717, 1.165) is 6.26 Å². The maximum atomic E-state index is 11.5. The molecule has 1 amide bonds. The molecule has 0 aliphatic carbocycles. The van der Waals surface area contributed by atoms with Gasteiger partial charge in [0.1, 0.15) is 11.4 Å². The summed E-state index contributed by atoms with van der Waals surface area (Å²) in [7, 11) is -3.40. The Morgan fingerprint density at radius 2 is 2.12 bits per heavy atom. The minimum Gasteiger partial charge on any atom is -0.479 e. The number of fused-ring (bicyclic) bond motifs is 1. The molecule has 7 heteroatoms. The second-order valence-electron chi connectivity index (χ2n) is 3.80. The third-order valence-electron chi connectivity index (χ3n) is 2.24. The fourth-order valence-electron chi connectivity index (χ4n) is 1.51. The van der Waals surface area contributed by atoms with Crippen LogP contribution >= 0.6 is 0 Å². The average Bonchev–Trinajstić information content (AvgIpc) is 2.19. The average molecular weight is 256 g/mol. The van der Waals surface area contributed by atoms with Gasteiger partial charge in [-0.15, -0.1) is 0 Å². The van der Waals surface area contributed by atoms with Crippen LogP contribution in [0.5, 0.6) is 5.75 Å². The van der Waals surface area contributed by atoms with Gasteiger partial charge < -0.3 is 10.1 Å². The summed E-state index contributed by atoms with van der Waals surface area (Å²) in [6, 6.07) is 4.87. The summed E-state index contributed by atoms with van der Waals surface area (Å²) in [5, 5.41) is 2.61. The number of carbonyl (C=O) groups is 1. The molecule has 1 heterocycles. The second-order valence-corrected chi connectivity index (χ2v) is 5.55. The molecule has 0 bridgehead atoms. The normalized spacial score (nSPS) is 18.9. The summed E-state index contributed by atoms with van der Waals surface area (Å²) in [4.78, 5) is 11.5. The molecule has 0 fully saturated rings. The second kappa shape index (κ2) is 3.92. The van der Waals surface area contributed by atoms with Crippen molar-refractivity contribution in [1.82, 2.24) is 0 Å². The molecule has 1 aliphatic rings. The zero-order valence-corrected chi connectivity index (χ0v) is 10.2. The van der Waals surface area contributed by atoms with Gasteiger partial charge in [0.05, 0.1) is 11.9 Å². The fourth-order valence-corrected chi connectivity index (χ4v) is 2.08. The molecule has 0 saturated carbocycles. The minimum absolute atomic E-state index is 0.297. The fraction of sp³-hybridized carbons (Fsp3) is 0.300. The van der Waals surface area contributed by atoms with Gasteiger partial charge in [-0.2, -0.15) is 0 Å². The van der Waals surface area contributed by atoms with Gasteiger partial charge in [-0.25, -0.2) is 8.42 Å². The lowest BCUT2D eigenvalue weighted by Gasteiger charge is -2.25. The molecule has 0 aromatic heterocycles. The maximum absolute atomic E-state index is 11.5. The van der Waals surface area contributed by atoms with Gasteiger partial charge >= 0.3 is 0 Å². The van der Waals surface area contributed by atoms with Crippen molar-refractivity contribution in [3.05, 3.63) is 18.2 Å². The Morgan fingerprint density at radius 3 is 2.76 bits per heavy atom. The van der Waals surface area contributed by atoms with Crippen molar-refractivity contribution >= 4 is 27.3 Å². The van der Waals surface area contributed by atoms with E-state index in [1.807, 2.05) is 0 Å². The zero-order chi connectivity index (χ0) is 12.6. The van der Waals surface area contributed by atoms with Gasteiger partial charge in [-0.3, -0.25) is 9.52 Å². The van der Waals surface area contributed by atoms with Crippen LogP contribution in [0.3, 0.4) is 0 Å². The smallest absolute Gasteiger partial charge is 0.265 e. The lowest BCUT2D eigenvalue weighted by Crippen LogP contribution is -2.34. The van der Waals surface area contributed by atoms with Crippen molar-refractivity contribution in [3.63, 3.8) is 0 Å². The molecule has 6 nitrogen and oxygen atoms in total. The highest BCUT2D eigenvalue weighted by molar-refractivity contribution is 7.92. The van der Waals surface area contributed by atoms with E-state index in [0.29, 0.717) is 17.1 Å². The van der Waals surface area contributed by atoms with Crippen molar-refractivity contribution in [1.29, 1.82) is 0 Å². The summed E-state index contributed by atoms with van der Waals surface area (Å²) in [5.41, 5.74) is 0.645. The molecule has 2 rings (SSSR count). The maximum Gasteiger partial charge on any atom is 0.265 e. The van der Waals surface area contributed by atoms with Crippen LogP contribution in [-0.2, 0) is 14.8 Å². The van der Waals surface area contributed by atoms with E-state index in [1.54, 1.807) is 25.1 Å². The number of hydrogen-bond acceptors (Lipinski definition) is 4. The van der Waals surface area contributed by atoms with Gasteiger partial charge in [0, 0.05) is 0 Å². The Bertz CT molecular complexity index is 568. The van der Waals surface area contributed by atoms with Crippen LogP contribution in [0.1, 0.15) is 6.92 Å². The standard InChI is InChI=1S/C10H12N2O4S/c1-6-10(13)11-9-7(12-17(2,14)15)4-3-5-8(9)16-6/h3-6,12H,1-2H3,(H,11,13). The Hall–Kier alpha value is -1.76. The lowest BCUT2D eigenvalue weighted by molar-refractivity contribution is -0.122. The summed E-state index contributed by atoms with van der Waals surface area (Å²) in [6.07, 6.45) is 0.455. The van der Waals surface area contributed by atoms with Crippen LogP contribution < -0.4 is 14.8 Å². The van der Waals surface area contributed by atoms with E-state index in [4.69, 9.17) is 4.74 Å². The molecule has 1 atom stereocenters. The number of nitrogens with one attached hydrogen (secondary N) is 2. The van der Waals surface area contributed by atoms with Crippen molar-refractivity contribution in [2.24, 2.45) is 0 Å². The number of carbonyl (C=O) groups excluding carboxylic acids is 1. The number of amides is 1. The SMILES string of the molecule is CC1Oc2cccc(NS(C)(=O)=O)c2NC1=O. The largest absolute Gasteiger partial charge is 0.479 e. The van der Waals surface area contributed by atoms with Crippen molar-refractivity contribution < 1.29 is 17.9 Å². The molecule has 0 saturated heterocycles. The molecule has 1 unspecified atom stereocenters. The predicted octanol–water partition coefficient (Wildman–Crippen LogP) is 0.777. The molecule has 92 valence electrons. The quantitative estimate of drug-likeness (QED) is 0.818. The highest BCUT2D eigenvalue weighted by Gasteiger charge is 2.25. The Kier molecular flexibility index (Phi) is 2.70. The summed E-state index contributed by atoms with van der Waals surface area (Å²) < 4.78 is 30.0. The minimum atomic E-state index is -3.40. The van der Waals surface area contributed by atoms with Crippen LogP contribution in [0.2, 0.25) is 0 Å². The molecule has 2 N–H and O–H groups in total. The van der Waals surface area contributed by atoms with Crippen LogP contribution in [0, 0.1) is 0 Å². The molecule has 17 heavy (non-hydrogen) atoms. The summed E-state index contributed by atoms with van der Waals surface area (Å²) in [6.45, 7) is 1.62. The van der Waals surface area contributed by atoms with Gasteiger partial charge in [0.15, 0.2) is 6.10 Å². The lowest BCUT2D eigenvalue weighted by atomic mass is 10.2. The van der Waals surface area contributed by atoms with E-state index in [-0.39, 0.29) is 5.91 Å². The van der Waals surface area contributed by atoms with Crippen molar-refractivity contribution in [3.8, 4) is 5.75 Å². The molecule has 1 aromatic carbocycles. The Morgan fingerprint density at radius 1 is 1.41 bits per heavy atom. The number of sulfonamides is 1. The number of para-hydroxylation sites is 1. The molecule has 0 spiro atoms. The summed E-state index contributed by atoms with van der Waals surface area (Å²) in [5.74, 6) is 0.144. The number of ether oxygens (including phenoxy) is 1. The van der Waals surface area contributed by atoms with E-state index in [2.05, 4.69) is 10.0 Å². The summed E-state index contributed by atoms with van der Waals surface area (Å²) >= 11 is 0. The third kappa shape index (κ3) is 2.50. The number of rotatable bonds is 2. The van der Waals surface area contributed by atoms with E-state index in [9.17, 15) is 13.2 Å². The predicted molar refractivity (Wildman–Crippen MR) is 63.6 cm³/mol. The van der Waals surface area contributed by atoms with Gasteiger partial charge in [-0.05, 0) is 19.1 Å².